The summed E-state index contributed by atoms with van der Waals surface area (Å²) in [6.45, 7) is 0. The molecule has 0 fully saturated rings. The predicted octanol–water partition coefficient (Wildman–Crippen LogP) is 5.26. The minimum Gasteiger partial charge on any atom is -0.349 e. The first-order chi connectivity index (χ1) is 10.8. The van der Waals surface area contributed by atoms with Crippen molar-refractivity contribution in [1.82, 2.24) is 0 Å². The standard InChI is InChI=1S/C20H17NS/c22-20(21-18-14-8-3-9-15-18)19(16-10-4-1-5-11-16)17-12-6-2-7-13-17/h1-15,19H,(H,21,22). The lowest BCUT2D eigenvalue weighted by molar-refractivity contribution is 1.09. The van der Waals surface area contributed by atoms with Crippen molar-refractivity contribution in [2.45, 2.75) is 5.92 Å². The summed E-state index contributed by atoms with van der Waals surface area (Å²) in [5.41, 5.74) is 3.41. The van der Waals surface area contributed by atoms with Crippen LogP contribution in [0.3, 0.4) is 0 Å². The van der Waals surface area contributed by atoms with Crippen molar-refractivity contribution in [3.63, 3.8) is 0 Å². The molecular weight excluding hydrogens is 286 g/mol. The summed E-state index contributed by atoms with van der Waals surface area (Å²) in [5.74, 6) is 0.0533. The Hall–Kier alpha value is -2.45. The van der Waals surface area contributed by atoms with Gasteiger partial charge in [-0.05, 0) is 23.3 Å². The second kappa shape index (κ2) is 7.01. The molecule has 0 heterocycles. The third-order valence-electron chi connectivity index (χ3n) is 3.57. The molecule has 3 aromatic rings. The first kappa shape index (κ1) is 14.5. The van der Waals surface area contributed by atoms with Gasteiger partial charge < -0.3 is 5.32 Å². The van der Waals surface area contributed by atoms with Crippen LogP contribution in [0, 0.1) is 0 Å². The summed E-state index contributed by atoms with van der Waals surface area (Å²) in [7, 11) is 0. The fraction of sp³-hybridized carbons (Fsp3) is 0.0500. The molecule has 0 radical (unpaired) electrons. The van der Waals surface area contributed by atoms with Crippen LogP contribution in [0.15, 0.2) is 91.0 Å². The van der Waals surface area contributed by atoms with E-state index in [4.69, 9.17) is 12.2 Å². The molecule has 0 aliphatic carbocycles. The molecule has 2 heteroatoms. The Morgan fingerprint density at radius 1 is 0.636 bits per heavy atom. The first-order valence-corrected chi connectivity index (χ1v) is 7.71. The van der Waals surface area contributed by atoms with E-state index in [2.05, 4.69) is 53.8 Å². The molecular formula is C20H17NS. The maximum atomic E-state index is 5.71. The second-order valence-corrected chi connectivity index (χ2v) is 5.55. The Labute approximate surface area is 136 Å². The maximum Gasteiger partial charge on any atom is 0.0917 e. The highest BCUT2D eigenvalue weighted by molar-refractivity contribution is 7.80. The van der Waals surface area contributed by atoms with Gasteiger partial charge in [-0.1, -0.05) is 91.1 Å². The quantitative estimate of drug-likeness (QED) is 0.660. The third-order valence-corrected chi connectivity index (χ3v) is 3.91. The molecule has 3 aromatic carbocycles. The van der Waals surface area contributed by atoms with Crippen LogP contribution in [-0.2, 0) is 0 Å². The minimum absolute atomic E-state index is 0.0533. The van der Waals surface area contributed by atoms with E-state index in [1.807, 2.05) is 42.5 Å². The van der Waals surface area contributed by atoms with Crippen molar-refractivity contribution >= 4 is 22.9 Å². The van der Waals surface area contributed by atoms with Crippen LogP contribution in [0.25, 0.3) is 0 Å². The Balaban J connectivity index is 1.94. The van der Waals surface area contributed by atoms with Crippen LogP contribution >= 0.6 is 12.2 Å². The van der Waals surface area contributed by atoms with Gasteiger partial charge in [-0.15, -0.1) is 0 Å². The Kier molecular flexibility index (Phi) is 4.62. The van der Waals surface area contributed by atoms with Gasteiger partial charge in [0, 0.05) is 5.69 Å². The smallest absolute Gasteiger partial charge is 0.0917 e. The Bertz CT molecular complexity index is 684. The number of benzene rings is 3. The van der Waals surface area contributed by atoms with Gasteiger partial charge in [-0.2, -0.15) is 0 Å². The number of rotatable bonds is 4. The summed E-state index contributed by atoms with van der Waals surface area (Å²) < 4.78 is 0. The number of para-hydroxylation sites is 1. The van der Waals surface area contributed by atoms with E-state index >= 15 is 0 Å². The van der Waals surface area contributed by atoms with Crippen LogP contribution < -0.4 is 5.32 Å². The van der Waals surface area contributed by atoms with Crippen molar-refractivity contribution in [3.8, 4) is 0 Å². The van der Waals surface area contributed by atoms with E-state index < -0.39 is 0 Å². The molecule has 0 amide bonds. The van der Waals surface area contributed by atoms with Crippen molar-refractivity contribution < 1.29 is 0 Å². The molecule has 0 aromatic heterocycles. The zero-order valence-corrected chi connectivity index (χ0v) is 13.0. The van der Waals surface area contributed by atoms with Gasteiger partial charge in [-0.3, -0.25) is 0 Å². The highest BCUT2D eigenvalue weighted by Gasteiger charge is 2.19. The van der Waals surface area contributed by atoms with Gasteiger partial charge in [0.1, 0.15) is 0 Å². The van der Waals surface area contributed by atoms with Gasteiger partial charge >= 0.3 is 0 Å². The lowest BCUT2D eigenvalue weighted by atomic mass is 9.91. The number of hydrogen-bond donors (Lipinski definition) is 1. The topological polar surface area (TPSA) is 12.0 Å². The summed E-state index contributed by atoms with van der Waals surface area (Å²) in [5, 5.41) is 3.37. The highest BCUT2D eigenvalue weighted by Crippen LogP contribution is 2.27. The summed E-state index contributed by atoms with van der Waals surface area (Å²) >= 11 is 5.71. The molecule has 108 valence electrons. The molecule has 0 bridgehead atoms. The summed E-state index contributed by atoms with van der Waals surface area (Å²) in [6, 6.07) is 30.8. The molecule has 3 rings (SSSR count). The molecule has 0 saturated heterocycles. The van der Waals surface area contributed by atoms with E-state index in [1.165, 1.54) is 11.1 Å². The molecule has 0 atom stereocenters. The third kappa shape index (κ3) is 3.41. The SMILES string of the molecule is S=C(Nc1ccccc1)C(c1ccccc1)c1ccccc1. The van der Waals surface area contributed by atoms with E-state index in [1.54, 1.807) is 0 Å². The molecule has 1 N–H and O–H groups in total. The molecule has 0 saturated carbocycles. The van der Waals surface area contributed by atoms with Crippen molar-refractivity contribution in [1.29, 1.82) is 0 Å². The second-order valence-electron chi connectivity index (χ2n) is 5.11. The normalized spacial score (nSPS) is 10.4. The van der Waals surface area contributed by atoms with Gasteiger partial charge in [0.15, 0.2) is 0 Å². The zero-order valence-electron chi connectivity index (χ0n) is 12.1. The fourth-order valence-electron chi connectivity index (χ4n) is 2.52. The van der Waals surface area contributed by atoms with Crippen LogP contribution in [0.5, 0.6) is 0 Å². The predicted molar refractivity (Wildman–Crippen MR) is 97.4 cm³/mol. The Morgan fingerprint density at radius 3 is 1.50 bits per heavy atom. The largest absolute Gasteiger partial charge is 0.349 e. The monoisotopic (exact) mass is 303 g/mol. The number of thiocarbonyl (C=S) groups is 1. The molecule has 22 heavy (non-hydrogen) atoms. The lowest BCUT2D eigenvalue weighted by Crippen LogP contribution is -2.20. The van der Waals surface area contributed by atoms with E-state index in [9.17, 15) is 0 Å². The van der Waals surface area contributed by atoms with Crippen LogP contribution in [0.4, 0.5) is 5.69 Å². The average Bonchev–Trinajstić information content (AvgIpc) is 2.58. The molecule has 0 unspecified atom stereocenters. The maximum absolute atomic E-state index is 5.71. The lowest BCUT2D eigenvalue weighted by Gasteiger charge is -2.20. The highest BCUT2D eigenvalue weighted by atomic mass is 32.1. The van der Waals surface area contributed by atoms with E-state index in [0.717, 1.165) is 10.7 Å². The first-order valence-electron chi connectivity index (χ1n) is 7.30. The number of hydrogen-bond acceptors (Lipinski definition) is 1. The van der Waals surface area contributed by atoms with Gasteiger partial charge in [0.05, 0.1) is 10.9 Å². The summed E-state index contributed by atoms with van der Waals surface area (Å²) in [4.78, 5) is 0.809. The van der Waals surface area contributed by atoms with Crippen LogP contribution in [-0.4, -0.2) is 4.99 Å². The minimum atomic E-state index is 0.0533. The molecule has 0 spiro atoms. The van der Waals surface area contributed by atoms with E-state index in [0.29, 0.717) is 0 Å². The number of anilines is 1. The van der Waals surface area contributed by atoms with Gasteiger partial charge in [0.2, 0.25) is 0 Å². The van der Waals surface area contributed by atoms with Crippen molar-refractivity contribution in [2.24, 2.45) is 0 Å². The van der Waals surface area contributed by atoms with E-state index in [-0.39, 0.29) is 5.92 Å². The Morgan fingerprint density at radius 2 is 1.05 bits per heavy atom. The fourth-order valence-corrected chi connectivity index (χ4v) is 2.91. The molecule has 0 aliphatic rings. The van der Waals surface area contributed by atoms with Gasteiger partial charge in [0.25, 0.3) is 0 Å². The van der Waals surface area contributed by atoms with Crippen molar-refractivity contribution in [3.05, 3.63) is 102 Å². The molecule has 1 nitrogen and oxygen atoms in total. The van der Waals surface area contributed by atoms with Crippen LogP contribution in [0.2, 0.25) is 0 Å². The van der Waals surface area contributed by atoms with Crippen LogP contribution in [0.1, 0.15) is 17.0 Å². The number of nitrogens with one attached hydrogen (secondary N) is 1. The van der Waals surface area contributed by atoms with Crippen molar-refractivity contribution in [2.75, 3.05) is 5.32 Å². The summed E-state index contributed by atoms with van der Waals surface area (Å²) in [6.07, 6.45) is 0. The van der Waals surface area contributed by atoms with Gasteiger partial charge in [-0.25, -0.2) is 0 Å². The zero-order chi connectivity index (χ0) is 15.2. The molecule has 0 aliphatic heterocycles. The average molecular weight is 303 g/mol.